The zero-order valence-corrected chi connectivity index (χ0v) is 13.4. The summed E-state index contributed by atoms with van der Waals surface area (Å²) < 4.78 is 5.23. The second-order valence-corrected chi connectivity index (χ2v) is 5.20. The smallest absolute Gasteiger partial charge is 0.161 e. The van der Waals surface area contributed by atoms with E-state index in [1.807, 2.05) is 55.5 Å². The van der Waals surface area contributed by atoms with Gasteiger partial charge in [-0.3, -0.25) is 5.43 Å². The lowest BCUT2D eigenvalue weighted by molar-refractivity contribution is 0.560. The van der Waals surface area contributed by atoms with E-state index >= 15 is 0 Å². The molecule has 0 bridgehead atoms. The van der Waals surface area contributed by atoms with Crippen LogP contribution >= 0.6 is 0 Å². The minimum absolute atomic E-state index is 0.664. The van der Waals surface area contributed by atoms with Gasteiger partial charge in [0.05, 0.1) is 12.5 Å². The molecule has 0 saturated heterocycles. The highest BCUT2D eigenvalue weighted by molar-refractivity contribution is 5.76. The number of nitrogens with zero attached hydrogens (tertiary/aromatic N) is 3. The Morgan fingerprint density at radius 2 is 2.00 bits per heavy atom. The van der Waals surface area contributed by atoms with Crippen LogP contribution in [-0.2, 0) is 6.42 Å². The molecule has 0 fully saturated rings. The number of allylic oxidation sites excluding steroid dienone is 1. The van der Waals surface area contributed by atoms with Gasteiger partial charge in [0, 0.05) is 16.8 Å². The van der Waals surface area contributed by atoms with E-state index in [9.17, 15) is 0 Å². The number of aryl methyl sites for hydroxylation is 1. The van der Waals surface area contributed by atoms with Crippen molar-refractivity contribution in [2.75, 3.05) is 5.43 Å². The van der Waals surface area contributed by atoms with Crippen LogP contribution in [-0.4, -0.2) is 16.2 Å². The number of aromatic nitrogens is 2. The fourth-order valence-corrected chi connectivity index (χ4v) is 2.32. The van der Waals surface area contributed by atoms with Crippen LogP contribution in [0.1, 0.15) is 17.0 Å². The summed E-state index contributed by atoms with van der Waals surface area (Å²) in [4.78, 5) is 9.24. The highest BCUT2D eigenvalue weighted by atomic mass is 16.3. The number of hydrogen-bond donors (Lipinski definition) is 1. The Balaban J connectivity index is 1.94. The molecule has 5 nitrogen and oxygen atoms in total. The van der Waals surface area contributed by atoms with Crippen molar-refractivity contribution in [2.24, 2.45) is 5.10 Å². The molecule has 3 rings (SSSR count). The molecule has 1 aromatic carbocycles. The molecule has 0 amide bonds. The second kappa shape index (κ2) is 7.37. The van der Waals surface area contributed by atoms with Crippen LogP contribution < -0.4 is 5.43 Å². The van der Waals surface area contributed by atoms with E-state index in [0.717, 1.165) is 16.8 Å². The molecule has 0 saturated carbocycles. The van der Waals surface area contributed by atoms with E-state index in [2.05, 4.69) is 27.1 Å². The first-order chi connectivity index (χ1) is 11.8. The first-order valence-electron chi connectivity index (χ1n) is 7.64. The fraction of sp³-hybridized carbons (Fsp3) is 0.105. The highest BCUT2D eigenvalue weighted by Crippen LogP contribution is 2.23. The maximum atomic E-state index is 5.23. The van der Waals surface area contributed by atoms with Gasteiger partial charge in [0.25, 0.3) is 0 Å². The number of furan rings is 1. The predicted octanol–water partition coefficient (Wildman–Crippen LogP) is 4.22. The van der Waals surface area contributed by atoms with Gasteiger partial charge in [-0.2, -0.15) is 5.10 Å². The summed E-state index contributed by atoms with van der Waals surface area (Å²) in [5.74, 6) is 2.00. The molecule has 2 aromatic heterocycles. The molecule has 0 aliphatic heterocycles. The normalized spacial score (nSPS) is 10.9. The minimum Gasteiger partial charge on any atom is -0.463 e. The van der Waals surface area contributed by atoms with Gasteiger partial charge in [-0.15, -0.1) is 6.58 Å². The fourth-order valence-electron chi connectivity index (χ4n) is 2.32. The second-order valence-electron chi connectivity index (χ2n) is 5.20. The van der Waals surface area contributed by atoms with Crippen LogP contribution in [0.25, 0.3) is 11.4 Å². The van der Waals surface area contributed by atoms with Crippen LogP contribution in [0.15, 0.2) is 70.9 Å². The molecular weight excluding hydrogens is 300 g/mol. The van der Waals surface area contributed by atoms with Crippen LogP contribution in [0.3, 0.4) is 0 Å². The number of benzene rings is 1. The largest absolute Gasteiger partial charge is 0.463 e. The first-order valence-corrected chi connectivity index (χ1v) is 7.64. The van der Waals surface area contributed by atoms with Crippen molar-refractivity contribution < 1.29 is 4.42 Å². The summed E-state index contributed by atoms with van der Waals surface area (Å²) in [6.45, 7) is 5.77. The average Bonchev–Trinajstić information content (AvgIpc) is 3.12. The maximum absolute atomic E-state index is 5.23. The Morgan fingerprint density at radius 1 is 1.17 bits per heavy atom. The quantitative estimate of drug-likeness (QED) is 0.420. The summed E-state index contributed by atoms with van der Waals surface area (Å²) in [6.07, 6.45) is 5.71. The van der Waals surface area contributed by atoms with Crippen LogP contribution in [0, 0.1) is 6.92 Å². The van der Waals surface area contributed by atoms with E-state index in [-0.39, 0.29) is 0 Å². The van der Waals surface area contributed by atoms with Gasteiger partial charge in [-0.1, -0.05) is 36.4 Å². The van der Waals surface area contributed by atoms with Gasteiger partial charge < -0.3 is 4.42 Å². The third-order valence-electron chi connectivity index (χ3n) is 3.50. The van der Waals surface area contributed by atoms with E-state index in [4.69, 9.17) is 4.42 Å². The van der Waals surface area contributed by atoms with Crippen LogP contribution in [0.2, 0.25) is 0 Å². The van der Waals surface area contributed by atoms with E-state index in [0.29, 0.717) is 23.8 Å². The van der Waals surface area contributed by atoms with E-state index in [1.165, 1.54) is 0 Å². The molecule has 0 aliphatic carbocycles. The lowest BCUT2D eigenvalue weighted by Crippen LogP contribution is -2.05. The molecule has 0 aliphatic rings. The summed E-state index contributed by atoms with van der Waals surface area (Å²) in [7, 11) is 0. The molecule has 120 valence electrons. The Labute approximate surface area is 140 Å². The predicted molar refractivity (Wildman–Crippen MR) is 96.0 cm³/mol. The lowest BCUT2D eigenvalue weighted by atomic mass is 10.1. The highest BCUT2D eigenvalue weighted by Gasteiger charge is 2.11. The van der Waals surface area contributed by atoms with Crippen molar-refractivity contribution in [2.45, 2.75) is 13.3 Å². The Bertz CT molecular complexity index is 839. The zero-order valence-electron chi connectivity index (χ0n) is 13.4. The Hall–Kier alpha value is -3.21. The van der Waals surface area contributed by atoms with Gasteiger partial charge in [0.15, 0.2) is 11.6 Å². The lowest BCUT2D eigenvalue weighted by Gasteiger charge is -2.11. The Morgan fingerprint density at radius 3 is 2.71 bits per heavy atom. The molecular formula is C19H18N4O. The molecule has 0 unspecified atom stereocenters. The Kier molecular flexibility index (Phi) is 4.81. The average molecular weight is 318 g/mol. The molecule has 2 heterocycles. The molecule has 0 radical (unpaired) electrons. The van der Waals surface area contributed by atoms with Gasteiger partial charge >= 0.3 is 0 Å². The van der Waals surface area contributed by atoms with Gasteiger partial charge in [0.2, 0.25) is 0 Å². The monoisotopic (exact) mass is 318 g/mol. The molecule has 3 aromatic rings. The molecule has 24 heavy (non-hydrogen) atoms. The number of anilines is 1. The molecule has 0 spiro atoms. The van der Waals surface area contributed by atoms with Gasteiger partial charge in [-0.05, 0) is 25.5 Å². The number of rotatable bonds is 6. The van der Waals surface area contributed by atoms with Crippen molar-refractivity contribution >= 4 is 12.0 Å². The zero-order chi connectivity index (χ0) is 16.8. The van der Waals surface area contributed by atoms with Crippen molar-refractivity contribution in [3.8, 4) is 11.4 Å². The first kappa shape index (κ1) is 15.7. The van der Waals surface area contributed by atoms with Gasteiger partial charge in [-0.25, -0.2) is 9.97 Å². The summed E-state index contributed by atoms with van der Waals surface area (Å²) in [6, 6.07) is 13.5. The van der Waals surface area contributed by atoms with Crippen LogP contribution in [0.5, 0.6) is 0 Å². The third kappa shape index (κ3) is 3.57. The van der Waals surface area contributed by atoms with E-state index < -0.39 is 0 Å². The van der Waals surface area contributed by atoms with Crippen molar-refractivity contribution in [1.29, 1.82) is 0 Å². The number of nitrogens with one attached hydrogen (secondary N) is 1. The topological polar surface area (TPSA) is 63.3 Å². The summed E-state index contributed by atoms with van der Waals surface area (Å²) in [5.41, 5.74) is 5.84. The van der Waals surface area contributed by atoms with E-state index in [1.54, 1.807) is 12.5 Å². The summed E-state index contributed by atoms with van der Waals surface area (Å²) >= 11 is 0. The molecule has 1 N–H and O–H groups in total. The van der Waals surface area contributed by atoms with Crippen LogP contribution in [0.4, 0.5) is 5.82 Å². The van der Waals surface area contributed by atoms with Crippen molar-refractivity contribution in [1.82, 2.24) is 9.97 Å². The van der Waals surface area contributed by atoms with Gasteiger partial charge in [0.1, 0.15) is 5.76 Å². The van der Waals surface area contributed by atoms with Crippen molar-refractivity contribution in [3.63, 3.8) is 0 Å². The van der Waals surface area contributed by atoms with Crippen molar-refractivity contribution in [3.05, 3.63) is 78.4 Å². The SMILES string of the molecule is C=CCc1c(C)nc(-c2ccccc2)nc1N/N=C/c1ccco1. The molecule has 0 atom stereocenters. The summed E-state index contributed by atoms with van der Waals surface area (Å²) in [5, 5.41) is 4.21. The molecule has 5 heteroatoms. The third-order valence-corrected chi connectivity index (χ3v) is 3.50. The standard InChI is InChI=1S/C19H18N4O/c1-3-8-17-14(2)21-18(15-9-5-4-6-10-15)22-19(17)23-20-13-16-11-7-12-24-16/h3-7,9-13H,1,8H2,2H3,(H,21,22,23)/b20-13+. The minimum atomic E-state index is 0.664. The number of hydrazone groups is 1. The maximum Gasteiger partial charge on any atom is 0.161 e. The number of hydrogen-bond acceptors (Lipinski definition) is 5.